The highest BCUT2D eigenvalue weighted by molar-refractivity contribution is 6.21. The van der Waals surface area contributed by atoms with Crippen LogP contribution in [0.5, 0.6) is 0 Å². The Morgan fingerprint density at radius 1 is 1.21 bits per heavy atom. The van der Waals surface area contributed by atoms with Gasteiger partial charge in [0.05, 0.1) is 0 Å². The summed E-state index contributed by atoms with van der Waals surface area (Å²) in [5, 5.41) is 0.394. The van der Waals surface area contributed by atoms with Crippen molar-refractivity contribution in [3.05, 3.63) is 0 Å². The first-order valence-corrected chi connectivity index (χ1v) is 6.56. The van der Waals surface area contributed by atoms with Crippen molar-refractivity contribution in [2.45, 2.75) is 44.4 Å². The van der Waals surface area contributed by atoms with E-state index in [1.807, 2.05) is 0 Å². The SMILES string of the molecule is CC1CCN(CC2CCCC2)CC1Cl. The van der Waals surface area contributed by atoms with Crippen molar-refractivity contribution in [1.82, 2.24) is 4.90 Å². The topological polar surface area (TPSA) is 3.24 Å². The predicted octanol–water partition coefficient (Wildman–Crippen LogP) is 3.13. The van der Waals surface area contributed by atoms with Gasteiger partial charge in [0.2, 0.25) is 0 Å². The highest BCUT2D eigenvalue weighted by Crippen LogP contribution is 2.28. The molecule has 0 aromatic heterocycles. The maximum atomic E-state index is 6.31. The van der Waals surface area contributed by atoms with Gasteiger partial charge in [0.1, 0.15) is 0 Å². The second-order valence-corrected chi connectivity index (χ2v) is 5.75. The quantitative estimate of drug-likeness (QED) is 0.640. The molecule has 1 aliphatic carbocycles. The van der Waals surface area contributed by atoms with E-state index in [4.69, 9.17) is 11.6 Å². The van der Waals surface area contributed by atoms with Crippen molar-refractivity contribution in [2.75, 3.05) is 19.6 Å². The molecule has 1 aliphatic heterocycles. The Labute approximate surface area is 92.8 Å². The lowest BCUT2D eigenvalue weighted by molar-refractivity contribution is 0.171. The molecule has 0 aromatic carbocycles. The van der Waals surface area contributed by atoms with Gasteiger partial charge in [0.15, 0.2) is 0 Å². The number of piperidine rings is 1. The Kier molecular flexibility index (Phi) is 3.73. The molecule has 2 fully saturated rings. The summed E-state index contributed by atoms with van der Waals surface area (Å²) in [6, 6.07) is 0. The standard InChI is InChI=1S/C12H22ClN/c1-10-6-7-14(9-12(10)13)8-11-4-2-3-5-11/h10-12H,2-9H2,1H3. The molecular formula is C12H22ClN. The summed E-state index contributed by atoms with van der Waals surface area (Å²) in [7, 11) is 0. The Morgan fingerprint density at radius 3 is 2.57 bits per heavy atom. The third-order valence-electron chi connectivity index (χ3n) is 3.94. The fourth-order valence-electron chi connectivity index (χ4n) is 2.81. The molecule has 2 unspecified atom stereocenters. The molecule has 0 N–H and O–H groups in total. The van der Waals surface area contributed by atoms with E-state index >= 15 is 0 Å². The summed E-state index contributed by atoms with van der Waals surface area (Å²) >= 11 is 6.31. The molecule has 0 bridgehead atoms. The fourth-order valence-corrected chi connectivity index (χ4v) is 3.13. The normalized spacial score (nSPS) is 36.4. The van der Waals surface area contributed by atoms with Gasteiger partial charge in [0.25, 0.3) is 0 Å². The maximum absolute atomic E-state index is 6.31. The van der Waals surface area contributed by atoms with E-state index in [1.165, 1.54) is 45.2 Å². The fraction of sp³-hybridized carbons (Fsp3) is 1.00. The van der Waals surface area contributed by atoms with Crippen LogP contribution in [0.3, 0.4) is 0 Å². The number of likely N-dealkylation sites (tertiary alicyclic amines) is 1. The van der Waals surface area contributed by atoms with Gasteiger partial charge >= 0.3 is 0 Å². The summed E-state index contributed by atoms with van der Waals surface area (Å²) in [6.45, 7) is 6.00. The summed E-state index contributed by atoms with van der Waals surface area (Å²) in [4.78, 5) is 2.59. The summed E-state index contributed by atoms with van der Waals surface area (Å²) in [6.07, 6.45) is 7.12. The largest absolute Gasteiger partial charge is 0.302 e. The van der Waals surface area contributed by atoms with Crippen LogP contribution in [-0.4, -0.2) is 29.9 Å². The average molecular weight is 216 g/mol. The van der Waals surface area contributed by atoms with E-state index in [0.717, 1.165) is 18.4 Å². The minimum atomic E-state index is 0.394. The molecule has 2 heteroatoms. The molecule has 2 rings (SSSR count). The number of halogens is 1. The first-order chi connectivity index (χ1) is 6.75. The maximum Gasteiger partial charge on any atom is 0.0489 e. The smallest absolute Gasteiger partial charge is 0.0489 e. The molecule has 2 atom stereocenters. The molecule has 1 saturated carbocycles. The van der Waals surface area contributed by atoms with E-state index in [1.54, 1.807) is 0 Å². The highest BCUT2D eigenvalue weighted by Gasteiger charge is 2.26. The number of alkyl halides is 1. The molecule has 0 radical (unpaired) electrons. The lowest BCUT2D eigenvalue weighted by atomic mass is 9.97. The third-order valence-corrected chi connectivity index (χ3v) is 4.51. The summed E-state index contributed by atoms with van der Waals surface area (Å²) in [5.74, 6) is 1.70. The van der Waals surface area contributed by atoms with Crippen LogP contribution in [0.4, 0.5) is 0 Å². The van der Waals surface area contributed by atoms with Gasteiger partial charge in [-0.15, -0.1) is 11.6 Å². The van der Waals surface area contributed by atoms with Crippen LogP contribution >= 0.6 is 11.6 Å². The van der Waals surface area contributed by atoms with E-state index in [0.29, 0.717) is 5.38 Å². The van der Waals surface area contributed by atoms with Crippen molar-refractivity contribution in [3.8, 4) is 0 Å². The average Bonchev–Trinajstić information content (AvgIpc) is 2.64. The highest BCUT2D eigenvalue weighted by atomic mass is 35.5. The molecule has 0 amide bonds. The van der Waals surface area contributed by atoms with Crippen LogP contribution < -0.4 is 0 Å². The second kappa shape index (κ2) is 4.85. The number of hydrogen-bond acceptors (Lipinski definition) is 1. The minimum Gasteiger partial charge on any atom is -0.302 e. The second-order valence-electron chi connectivity index (χ2n) is 5.19. The van der Waals surface area contributed by atoms with E-state index < -0.39 is 0 Å². The number of nitrogens with zero attached hydrogens (tertiary/aromatic N) is 1. The van der Waals surface area contributed by atoms with E-state index in [9.17, 15) is 0 Å². The first kappa shape index (κ1) is 10.8. The van der Waals surface area contributed by atoms with Gasteiger partial charge in [0, 0.05) is 18.5 Å². The van der Waals surface area contributed by atoms with E-state index in [-0.39, 0.29) is 0 Å². The predicted molar refractivity (Wildman–Crippen MR) is 61.8 cm³/mol. The monoisotopic (exact) mass is 215 g/mol. The molecular weight excluding hydrogens is 194 g/mol. The van der Waals surface area contributed by atoms with Crippen LogP contribution in [0.2, 0.25) is 0 Å². The zero-order valence-corrected chi connectivity index (χ0v) is 9.97. The molecule has 1 saturated heterocycles. The van der Waals surface area contributed by atoms with Gasteiger partial charge in [-0.1, -0.05) is 19.8 Å². The third kappa shape index (κ3) is 2.64. The van der Waals surface area contributed by atoms with Gasteiger partial charge in [-0.25, -0.2) is 0 Å². The lowest BCUT2D eigenvalue weighted by Gasteiger charge is -2.35. The first-order valence-electron chi connectivity index (χ1n) is 6.12. The lowest BCUT2D eigenvalue weighted by Crippen LogP contribution is -2.42. The Hall–Kier alpha value is 0.250. The van der Waals surface area contributed by atoms with Crippen molar-refractivity contribution in [3.63, 3.8) is 0 Å². The Bertz CT molecular complexity index is 177. The zero-order chi connectivity index (χ0) is 9.97. The van der Waals surface area contributed by atoms with Gasteiger partial charge in [-0.2, -0.15) is 0 Å². The van der Waals surface area contributed by atoms with Crippen LogP contribution in [0.15, 0.2) is 0 Å². The summed E-state index contributed by atoms with van der Waals surface area (Å²) < 4.78 is 0. The molecule has 82 valence electrons. The van der Waals surface area contributed by atoms with Gasteiger partial charge in [-0.05, 0) is 37.6 Å². The molecule has 2 aliphatic rings. The minimum absolute atomic E-state index is 0.394. The molecule has 1 nitrogen and oxygen atoms in total. The van der Waals surface area contributed by atoms with Crippen LogP contribution in [0, 0.1) is 11.8 Å². The van der Waals surface area contributed by atoms with Crippen LogP contribution in [0.25, 0.3) is 0 Å². The Morgan fingerprint density at radius 2 is 1.93 bits per heavy atom. The van der Waals surface area contributed by atoms with Gasteiger partial charge in [-0.3, -0.25) is 0 Å². The Balaban J connectivity index is 1.75. The molecule has 1 heterocycles. The summed E-state index contributed by atoms with van der Waals surface area (Å²) in [5.41, 5.74) is 0. The zero-order valence-electron chi connectivity index (χ0n) is 9.21. The number of hydrogen-bond donors (Lipinski definition) is 0. The van der Waals surface area contributed by atoms with Crippen LogP contribution in [-0.2, 0) is 0 Å². The van der Waals surface area contributed by atoms with Crippen molar-refractivity contribution in [2.24, 2.45) is 11.8 Å². The van der Waals surface area contributed by atoms with Crippen molar-refractivity contribution >= 4 is 11.6 Å². The molecule has 14 heavy (non-hydrogen) atoms. The van der Waals surface area contributed by atoms with Crippen molar-refractivity contribution in [1.29, 1.82) is 0 Å². The van der Waals surface area contributed by atoms with Crippen LogP contribution in [0.1, 0.15) is 39.0 Å². The van der Waals surface area contributed by atoms with Gasteiger partial charge < -0.3 is 4.90 Å². The molecule has 0 spiro atoms. The van der Waals surface area contributed by atoms with Crippen molar-refractivity contribution < 1.29 is 0 Å². The number of rotatable bonds is 2. The molecule has 0 aromatic rings. The van der Waals surface area contributed by atoms with E-state index in [2.05, 4.69) is 11.8 Å².